The van der Waals surface area contributed by atoms with Crippen molar-refractivity contribution < 1.29 is 9.26 Å². The minimum Gasteiger partial charge on any atom is -0.492 e. The summed E-state index contributed by atoms with van der Waals surface area (Å²) in [6.45, 7) is 4.42. The summed E-state index contributed by atoms with van der Waals surface area (Å²) in [5, 5.41) is 12.9. The van der Waals surface area contributed by atoms with Gasteiger partial charge in [-0.2, -0.15) is 5.26 Å². The number of nitrogens with zero attached hydrogens (tertiary/aromatic N) is 3. The molecule has 0 amide bonds. The van der Waals surface area contributed by atoms with Gasteiger partial charge < -0.3 is 9.26 Å². The zero-order valence-corrected chi connectivity index (χ0v) is 12.7. The average Bonchev–Trinajstić information content (AvgIpc) is 3.16. The number of nitriles is 1. The smallest absolute Gasteiger partial charge is 0.154 e. The van der Waals surface area contributed by atoms with Gasteiger partial charge in [-0.3, -0.25) is 4.90 Å². The standard InChI is InChI=1S/C17H19N3O2/c1-13-10-17(22-19-13)16-6-3-7-20(16)8-9-21-15-5-2-4-14(11-15)12-18/h2,4-5,10-11,16H,3,6-9H2,1H3/t16-/m0/s1. The molecule has 1 saturated heterocycles. The molecule has 0 spiro atoms. The van der Waals surface area contributed by atoms with Crippen molar-refractivity contribution in [2.75, 3.05) is 19.7 Å². The molecule has 0 radical (unpaired) electrons. The number of aromatic nitrogens is 1. The highest BCUT2D eigenvalue weighted by atomic mass is 16.5. The first-order valence-electron chi connectivity index (χ1n) is 7.56. The first-order chi connectivity index (χ1) is 10.8. The second-order valence-corrected chi connectivity index (χ2v) is 5.55. The fourth-order valence-electron chi connectivity index (χ4n) is 2.89. The van der Waals surface area contributed by atoms with Crippen LogP contribution in [0.3, 0.4) is 0 Å². The zero-order valence-electron chi connectivity index (χ0n) is 12.7. The van der Waals surface area contributed by atoms with Gasteiger partial charge in [0.25, 0.3) is 0 Å². The quantitative estimate of drug-likeness (QED) is 0.848. The van der Waals surface area contributed by atoms with Gasteiger partial charge >= 0.3 is 0 Å². The monoisotopic (exact) mass is 297 g/mol. The van der Waals surface area contributed by atoms with E-state index in [4.69, 9.17) is 14.5 Å². The molecule has 1 aromatic heterocycles. The van der Waals surface area contributed by atoms with E-state index in [0.29, 0.717) is 18.2 Å². The summed E-state index contributed by atoms with van der Waals surface area (Å²) in [5.74, 6) is 1.69. The van der Waals surface area contributed by atoms with Gasteiger partial charge in [0.1, 0.15) is 12.4 Å². The van der Waals surface area contributed by atoms with Gasteiger partial charge in [-0.15, -0.1) is 0 Å². The number of benzene rings is 1. The predicted octanol–water partition coefficient (Wildman–Crippen LogP) is 3.07. The second-order valence-electron chi connectivity index (χ2n) is 5.55. The number of aryl methyl sites for hydroxylation is 1. The molecule has 1 aliphatic heterocycles. The topological polar surface area (TPSA) is 62.3 Å². The number of rotatable bonds is 5. The van der Waals surface area contributed by atoms with Gasteiger partial charge in [0.2, 0.25) is 0 Å². The molecule has 114 valence electrons. The molecule has 0 bridgehead atoms. The molecule has 2 heterocycles. The van der Waals surface area contributed by atoms with Gasteiger partial charge in [-0.1, -0.05) is 11.2 Å². The second kappa shape index (κ2) is 6.63. The van der Waals surface area contributed by atoms with Crippen molar-refractivity contribution in [3.8, 4) is 11.8 Å². The number of hydrogen-bond acceptors (Lipinski definition) is 5. The normalized spacial score (nSPS) is 18.3. The lowest BCUT2D eigenvalue weighted by Crippen LogP contribution is -2.28. The van der Waals surface area contributed by atoms with Crippen molar-refractivity contribution in [2.24, 2.45) is 0 Å². The van der Waals surface area contributed by atoms with Crippen LogP contribution in [0.15, 0.2) is 34.9 Å². The lowest BCUT2D eigenvalue weighted by Gasteiger charge is -2.22. The van der Waals surface area contributed by atoms with Gasteiger partial charge in [-0.05, 0) is 44.5 Å². The van der Waals surface area contributed by atoms with Crippen LogP contribution in [-0.4, -0.2) is 29.8 Å². The van der Waals surface area contributed by atoms with E-state index in [1.165, 1.54) is 0 Å². The minimum atomic E-state index is 0.301. The van der Waals surface area contributed by atoms with Crippen LogP contribution < -0.4 is 4.74 Å². The van der Waals surface area contributed by atoms with Gasteiger partial charge in [0.05, 0.1) is 23.4 Å². The minimum absolute atomic E-state index is 0.301. The maximum absolute atomic E-state index is 8.89. The lowest BCUT2D eigenvalue weighted by atomic mass is 10.1. The Labute approximate surface area is 130 Å². The van der Waals surface area contributed by atoms with Crippen LogP contribution >= 0.6 is 0 Å². The Hall–Kier alpha value is -2.32. The number of ether oxygens (including phenoxy) is 1. The molecule has 0 N–H and O–H groups in total. The summed E-state index contributed by atoms with van der Waals surface area (Å²) in [5.41, 5.74) is 1.54. The Kier molecular flexibility index (Phi) is 4.40. The zero-order chi connectivity index (χ0) is 15.4. The van der Waals surface area contributed by atoms with E-state index in [1.54, 1.807) is 12.1 Å². The fourth-order valence-corrected chi connectivity index (χ4v) is 2.89. The molecule has 5 heteroatoms. The third-order valence-electron chi connectivity index (χ3n) is 3.95. The Morgan fingerprint density at radius 3 is 3.14 bits per heavy atom. The fraction of sp³-hybridized carbons (Fsp3) is 0.412. The summed E-state index contributed by atoms with van der Waals surface area (Å²) in [4.78, 5) is 2.37. The summed E-state index contributed by atoms with van der Waals surface area (Å²) >= 11 is 0. The van der Waals surface area contributed by atoms with E-state index in [9.17, 15) is 0 Å². The van der Waals surface area contributed by atoms with Crippen LogP contribution in [0.5, 0.6) is 5.75 Å². The maximum atomic E-state index is 8.89. The number of likely N-dealkylation sites (tertiary alicyclic amines) is 1. The van der Waals surface area contributed by atoms with Crippen molar-refractivity contribution in [1.29, 1.82) is 5.26 Å². The van der Waals surface area contributed by atoms with Crippen LogP contribution in [0.25, 0.3) is 0 Å². The van der Waals surface area contributed by atoms with Gasteiger partial charge in [-0.25, -0.2) is 0 Å². The molecule has 3 rings (SSSR count). The van der Waals surface area contributed by atoms with E-state index in [0.717, 1.165) is 43.1 Å². The SMILES string of the molecule is Cc1cc([C@@H]2CCCN2CCOc2cccc(C#N)c2)on1. The van der Waals surface area contributed by atoms with E-state index in [1.807, 2.05) is 25.1 Å². The molecule has 1 aliphatic rings. The summed E-state index contributed by atoms with van der Waals surface area (Å²) < 4.78 is 11.2. The lowest BCUT2D eigenvalue weighted by molar-refractivity contribution is 0.175. The largest absolute Gasteiger partial charge is 0.492 e. The number of hydrogen-bond donors (Lipinski definition) is 0. The average molecular weight is 297 g/mol. The summed E-state index contributed by atoms with van der Waals surface area (Å²) in [7, 11) is 0. The van der Waals surface area contributed by atoms with Crippen molar-refractivity contribution >= 4 is 0 Å². The maximum Gasteiger partial charge on any atom is 0.154 e. The third kappa shape index (κ3) is 3.29. The van der Waals surface area contributed by atoms with Crippen LogP contribution in [0, 0.1) is 18.3 Å². The predicted molar refractivity (Wildman–Crippen MR) is 81.4 cm³/mol. The van der Waals surface area contributed by atoms with E-state index >= 15 is 0 Å². The van der Waals surface area contributed by atoms with E-state index in [-0.39, 0.29) is 0 Å². The molecule has 1 atom stereocenters. The Balaban J connectivity index is 1.55. The van der Waals surface area contributed by atoms with Crippen LogP contribution in [0.4, 0.5) is 0 Å². The molecule has 1 aromatic carbocycles. The molecule has 2 aromatic rings. The van der Waals surface area contributed by atoms with Crippen molar-refractivity contribution in [2.45, 2.75) is 25.8 Å². The summed E-state index contributed by atoms with van der Waals surface area (Å²) in [6.07, 6.45) is 2.26. The van der Waals surface area contributed by atoms with E-state index in [2.05, 4.69) is 16.1 Å². The molecule has 0 aliphatic carbocycles. The molecular weight excluding hydrogens is 278 g/mol. The summed E-state index contributed by atoms with van der Waals surface area (Å²) in [6, 6.07) is 11.7. The Morgan fingerprint density at radius 1 is 1.45 bits per heavy atom. The molecule has 0 unspecified atom stereocenters. The highest BCUT2D eigenvalue weighted by Gasteiger charge is 2.28. The first-order valence-corrected chi connectivity index (χ1v) is 7.56. The van der Waals surface area contributed by atoms with Crippen LogP contribution in [0.2, 0.25) is 0 Å². The van der Waals surface area contributed by atoms with Crippen molar-refractivity contribution in [3.05, 3.63) is 47.3 Å². The Morgan fingerprint density at radius 2 is 2.36 bits per heavy atom. The third-order valence-corrected chi connectivity index (χ3v) is 3.95. The van der Waals surface area contributed by atoms with Crippen LogP contribution in [0.1, 0.15) is 35.9 Å². The molecule has 1 fully saturated rings. The molecule has 22 heavy (non-hydrogen) atoms. The van der Waals surface area contributed by atoms with Crippen molar-refractivity contribution in [3.63, 3.8) is 0 Å². The van der Waals surface area contributed by atoms with Gasteiger partial charge in [0, 0.05) is 12.6 Å². The highest BCUT2D eigenvalue weighted by molar-refractivity contribution is 5.36. The highest BCUT2D eigenvalue weighted by Crippen LogP contribution is 2.31. The molecule has 5 nitrogen and oxygen atoms in total. The van der Waals surface area contributed by atoms with E-state index < -0.39 is 0 Å². The van der Waals surface area contributed by atoms with Crippen LogP contribution in [-0.2, 0) is 0 Å². The van der Waals surface area contributed by atoms with Crippen molar-refractivity contribution in [1.82, 2.24) is 10.1 Å². The molecular formula is C17H19N3O2. The first kappa shape index (κ1) is 14.6. The Bertz CT molecular complexity index is 675. The molecule has 0 saturated carbocycles. The van der Waals surface area contributed by atoms with Gasteiger partial charge in [0.15, 0.2) is 5.76 Å².